The van der Waals surface area contributed by atoms with Crippen molar-refractivity contribution in [2.45, 2.75) is 31.7 Å². The normalized spacial score (nSPS) is 14.2. The number of hydrogen-bond donors (Lipinski definition) is 2. The Balaban J connectivity index is 1.42. The molecule has 136 valence electrons. The van der Waals surface area contributed by atoms with Gasteiger partial charge in [-0.05, 0) is 35.7 Å². The van der Waals surface area contributed by atoms with Crippen molar-refractivity contribution in [2.24, 2.45) is 0 Å². The SMILES string of the molecule is O=C(COC(=O)CNC(=O)c1ccc2ccccc2c1)NC1CCCC1. The van der Waals surface area contributed by atoms with Crippen molar-refractivity contribution in [2.75, 3.05) is 13.2 Å². The predicted molar refractivity (Wildman–Crippen MR) is 97.6 cm³/mol. The molecule has 2 amide bonds. The Morgan fingerprint density at radius 2 is 1.73 bits per heavy atom. The Labute approximate surface area is 151 Å². The Morgan fingerprint density at radius 3 is 2.50 bits per heavy atom. The third kappa shape index (κ3) is 4.81. The fourth-order valence-corrected chi connectivity index (χ4v) is 3.12. The molecule has 2 aromatic carbocycles. The summed E-state index contributed by atoms with van der Waals surface area (Å²) in [5.74, 6) is -1.30. The van der Waals surface area contributed by atoms with Gasteiger partial charge >= 0.3 is 5.97 Å². The highest BCUT2D eigenvalue weighted by Gasteiger charge is 2.18. The van der Waals surface area contributed by atoms with Crippen molar-refractivity contribution < 1.29 is 19.1 Å². The molecule has 3 rings (SSSR count). The van der Waals surface area contributed by atoms with Crippen molar-refractivity contribution in [1.29, 1.82) is 0 Å². The lowest BCUT2D eigenvalue weighted by atomic mass is 10.1. The van der Waals surface area contributed by atoms with Gasteiger partial charge in [-0.2, -0.15) is 0 Å². The maximum Gasteiger partial charge on any atom is 0.325 e. The van der Waals surface area contributed by atoms with Crippen molar-refractivity contribution in [3.05, 3.63) is 48.0 Å². The number of amides is 2. The van der Waals surface area contributed by atoms with E-state index in [2.05, 4.69) is 10.6 Å². The van der Waals surface area contributed by atoms with Gasteiger partial charge in [0.15, 0.2) is 6.61 Å². The first-order valence-electron chi connectivity index (χ1n) is 8.84. The molecular formula is C20H22N2O4. The first kappa shape index (κ1) is 17.9. The maximum absolute atomic E-state index is 12.2. The molecule has 0 atom stereocenters. The van der Waals surface area contributed by atoms with Gasteiger partial charge in [0.2, 0.25) is 0 Å². The van der Waals surface area contributed by atoms with Gasteiger partial charge < -0.3 is 15.4 Å². The van der Waals surface area contributed by atoms with Crippen molar-refractivity contribution in [3.8, 4) is 0 Å². The van der Waals surface area contributed by atoms with Crippen molar-refractivity contribution >= 4 is 28.6 Å². The van der Waals surface area contributed by atoms with Gasteiger partial charge in [-0.3, -0.25) is 14.4 Å². The maximum atomic E-state index is 12.2. The zero-order chi connectivity index (χ0) is 18.4. The van der Waals surface area contributed by atoms with Crippen LogP contribution in [0.1, 0.15) is 36.0 Å². The van der Waals surface area contributed by atoms with Crippen LogP contribution in [0.3, 0.4) is 0 Å². The molecular weight excluding hydrogens is 332 g/mol. The fraction of sp³-hybridized carbons (Fsp3) is 0.350. The molecule has 6 heteroatoms. The number of carbonyl (C=O) groups excluding carboxylic acids is 3. The van der Waals surface area contributed by atoms with E-state index in [1.54, 1.807) is 12.1 Å². The molecule has 2 aromatic rings. The molecule has 1 fully saturated rings. The summed E-state index contributed by atoms with van der Waals surface area (Å²) in [5, 5.41) is 7.34. The van der Waals surface area contributed by atoms with E-state index in [0.717, 1.165) is 36.5 Å². The highest BCUT2D eigenvalue weighted by atomic mass is 16.5. The van der Waals surface area contributed by atoms with Crippen LogP contribution in [-0.4, -0.2) is 37.0 Å². The summed E-state index contributed by atoms with van der Waals surface area (Å²) in [6.07, 6.45) is 4.18. The van der Waals surface area contributed by atoms with E-state index in [4.69, 9.17) is 4.74 Å². The van der Waals surface area contributed by atoms with E-state index >= 15 is 0 Å². The lowest BCUT2D eigenvalue weighted by Crippen LogP contribution is -2.37. The van der Waals surface area contributed by atoms with Crippen molar-refractivity contribution in [1.82, 2.24) is 10.6 Å². The van der Waals surface area contributed by atoms with Crippen LogP contribution in [0.4, 0.5) is 0 Å². The van der Waals surface area contributed by atoms with Gasteiger partial charge in [0.1, 0.15) is 6.54 Å². The van der Waals surface area contributed by atoms with Crippen LogP contribution in [0.25, 0.3) is 10.8 Å². The Bertz CT molecular complexity index is 812. The third-order valence-corrected chi connectivity index (χ3v) is 4.49. The first-order chi connectivity index (χ1) is 12.6. The van der Waals surface area contributed by atoms with E-state index in [1.807, 2.05) is 30.3 Å². The van der Waals surface area contributed by atoms with Crippen molar-refractivity contribution in [3.63, 3.8) is 0 Å². The van der Waals surface area contributed by atoms with Crippen LogP contribution < -0.4 is 10.6 Å². The Morgan fingerprint density at radius 1 is 1.00 bits per heavy atom. The van der Waals surface area contributed by atoms with Crippen LogP contribution in [0.2, 0.25) is 0 Å². The molecule has 6 nitrogen and oxygen atoms in total. The number of carbonyl (C=O) groups is 3. The molecule has 0 bridgehead atoms. The largest absolute Gasteiger partial charge is 0.454 e. The highest BCUT2D eigenvalue weighted by molar-refractivity contribution is 5.99. The summed E-state index contributed by atoms with van der Waals surface area (Å²) >= 11 is 0. The zero-order valence-corrected chi connectivity index (χ0v) is 14.5. The van der Waals surface area contributed by atoms with Gasteiger partial charge in [0.05, 0.1) is 0 Å². The predicted octanol–water partition coefficient (Wildman–Crippen LogP) is 2.17. The molecule has 0 saturated heterocycles. The number of nitrogens with one attached hydrogen (secondary N) is 2. The molecule has 1 saturated carbocycles. The molecule has 0 heterocycles. The Hall–Kier alpha value is -2.89. The van der Waals surface area contributed by atoms with Crippen LogP contribution >= 0.6 is 0 Å². The van der Waals surface area contributed by atoms with Crippen LogP contribution in [-0.2, 0) is 14.3 Å². The van der Waals surface area contributed by atoms with E-state index in [1.165, 1.54) is 0 Å². The zero-order valence-electron chi connectivity index (χ0n) is 14.5. The highest BCUT2D eigenvalue weighted by Crippen LogP contribution is 2.17. The number of ether oxygens (including phenoxy) is 1. The van der Waals surface area contributed by atoms with E-state index in [0.29, 0.717) is 5.56 Å². The molecule has 0 radical (unpaired) electrons. The summed E-state index contributed by atoms with van der Waals surface area (Å²) in [7, 11) is 0. The second-order valence-electron chi connectivity index (χ2n) is 6.45. The number of benzene rings is 2. The summed E-state index contributed by atoms with van der Waals surface area (Å²) in [6.45, 7) is -0.594. The average Bonchev–Trinajstić information content (AvgIpc) is 3.17. The summed E-state index contributed by atoms with van der Waals surface area (Å²) in [5.41, 5.74) is 0.468. The lowest BCUT2D eigenvalue weighted by molar-refractivity contribution is -0.147. The minimum atomic E-state index is -0.638. The molecule has 2 N–H and O–H groups in total. The van der Waals surface area contributed by atoms with Gasteiger partial charge in [-0.15, -0.1) is 0 Å². The second-order valence-corrected chi connectivity index (χ2v) is 6.45. The fourth-order valence-electron chi connectivity index (χ4n) is 3.12. The topological polar surface area (TPSA) is 84.5 Å². The molecule has 1 aliphatic carbocycles. The first-order valence-corrected chi connectivity index (χ1v) is 8.84. The summed E-state index contributed by atoms with van der Waals surface area (Å²) in [4.78, 5) is 35.6. The quantitative estimate of drug-likeness (QED) is 0.779. The second kappa shape index (κ2) is 8.47. The van der Waals surface area contributed by atoms with Crippen LogP contribution in [0.15, 0.2) is 42.5 Å². The van der Waals surface area contributed by atoms with Gasteiger partial charge in [0.25, 0.3) is 11.8 Å². The molecule has 26 heavy (non-hydrogen) atoms. The molecule has 0 unspecified atom stereocenters. The van der Waals surface area contributed by atoms with Gasteiger partial charge in [0, 0.05) is 11.6 Å². The third-order valence-electron chi connectivity index (χ3n) is 4.49. The lowest BCUT2D eigenvalue weighted by Gasteiger charge is -2.12. The summed E-state index contributed by atoms with van der Waals surface area (Å²) in [6, 6.07) is 13.2. The Kier molecular flexibility index (Phi) is 5.84. The minimum absolute atomic E-state index is 0.189. The van der Waals surface area contributed by atoms with E-state index < -0.39 is 5.97 Å². The van der Waals surface area contributed by atoms with Crippen LogP contribution in [0, 0.1) is 0 Å². The smallest absolute Gasteiger partial charge is 0.325 e. The molecule has 0 aliphatic heterocycles. The van der Waals surface area contributed by atoms with Gasteiger partial charge in [-0.1, -0.05) is 43.2 Å². The summed E-state index contributed by atoms with van der Waals surface area (Å²) < 4.78 is 4.90. The molecule has 1 aliphatic rings. The number of esters is 1. The monoisotopic (exact) mass is 354 g/mol. The molecule has 0 spiro atoms. The number of hydrogen-bond acceptors (Lipinski definition) is 4. The van der Waals surface area contributed by atoms with E-state index in [9.17, 15) is 14.4 Å². The van der Waals surface area contributed by atoms with E-state index in [-0.39, 0.29) is 31.0 Å². The number of fused-ring (bicyclic) bond motifs is 1. The average molecular weight is 354 g/mol. The number of rotatable bonds is 6. The molecule has 0 aromatic heterocycles. The minimum Gasteiger partial charge on any atom is -0.454 e. The van der Waals surface area contributed by atoms with Gasteiger partial charge in [-0.25, -0.2) is 0 Å². The van der Waals surface area contributed by atoms with Crippen LogP contribution in [0.5, 0.6) is 0 Å². The standard InChI is InChI=1S/C20H22N2O4/c23-18(22-17-7-3-4-8-17)13-26-19(24)12-21-20(25)16-10-9-14-5-1-2-6-15(14)11-16/h1-2,5-6,9-11,17H,3-4,7-8,12-13H2,(H,21,25)(H,22,23).